The molecule has 1 amide bonds. The fourth-order valence-corrected chi connectivity index (χ4v) is 4.46. The highest BCUT2D eigenvalue weighted by Gasteiger charge is 2.23. The predicted molar refractivity (Wildman–Crippen MR) is 125 cm³/mol. The summed E-state index contributed by atoms with van der Waals surface area (Å²) in [7, 11) is 0. The quantitative estimate of drug-likeness (QED) is 0.606. The van der Waals surface area contributed by atoms with Crippen LogP contribution in [0.3, 0.4) is 0 Å². The van der Waals surface area contributed by atoms with Gasteiger partial charge in [0.25, 0.3) is 0 Å². The standard InChI is InChI=1S/C14H19NO5.C12H23N/c1-14(2,3)19-13(18)15-20-11(12(16)17)9-10-7-5-4-6-8-10;1-3-7-11(8-4-1)13-12-9-5-2-6-10-12/h4-8,11H,9H2,1-3H3,(H,15,18)(H,16,17);11-13H,1-10H2. The highest BCUT2D eigenvalue weighted by atomic mass is 16.7. The van der Waals surface area contributed by atoms with Crippen molar-refractivity contribution in [3.8, 4) is 0 Å². The lowest BCUT2D eigenvalue weighted by molar-refractivity contribution is -0.725. The summed E-state index contributed by atoms with van der Waals surface area (Å²) in [6.07, 6.45) is 12.9. The normalized spacial score (nSPS) is 18.5. The molecule has 2 saturated carbocycles. The van der Waals surface area contributed by atoms with Crippen LogP contribution < -0.4 is 15.9 Å². The minimum atomic E-state index is -1.41. The minimum Gasteiger partial charge on any atom is -0.547 e. The van der Waals surface area contributed by atoms with E-state index in [-0.39, 0.29) is 6.42 Å². The molecule has 1 atom stereocenters. The summed E-state index contributed by atoms with van der Waals surface area (Å²) >= 11 is 0. The van der Waals surface area contributed by atoms with Crippen LogP contribution in [0.1, 0.15) is 90.5 Å². The highest BCUT2D eigenvalue weighted by molar-refractivity contribution is 5.71. The van der Waals surface area contributed by atoms with Crippen molar-refractivity contribution < 1.29 is 29.6 Å². The molecule has 186 valence electrons. The van der Waals surface area contributed by atoms with Crippen molar-refractivity contribution >= 4 is 12.1 Å². The molecule has 3 rings (SSSR count). The van der Waals surface area contributed by atoms with Gasteiger partial charge in [0.1, 0.15) is 11.7 Å². The van der Waals surface area contributed by atoms with Crippen LogP contribution in [0, 0.1) is 0 Å². The van der Waals surface area contributed by atoms with E-state index in [2.05, 4.69) is 5.32 Å². The Bertz CT molecular complexity index is 676. The van der Waals surface area contributed by atoms with Crippen molar-refractivity contribution in [3.05, 3.63) is 35.9 Å². The van der Waals surface area contributed by atoms with Crippen molar-refractivity contribution in [2.75, 3.05) is 0 Å². The number of carbonyl (C=O) groups excluding carboxylic acids is 2. The molecule has 0 heterocycles. The third-order valence-electron chi connectivity index (χ3n) is 6.05. The number of hydroxylamine groups is 1. The molecule has 0 bridgehead atoms. The molecule has 7 heteroatoms. The van der Waals surface area contributed by atoms with Crippen molar-refractivity contribution in [3.63, 3.8) is 0 Å². The molecule has 2 fully saturated rings. The SMILES string of the molecule is C1CCC([NH2+]C2CCCCC2)CC1.CC(C)(C)OC(=O)NOC(Cc1ccccc1)C(=O)[O-]. The number of carboxylic acids is 1. The van der Waals surface area contributed by atoms with Gasteiger partial charge in [-0.25, -0.2) is 4.79 Å². The molecular weight excluding hydrogens is 420 g/mol. The lowest BCUT2D eigenvalue weighted by Crippen LogP contribution is -2.95. The zero-order valence-electron chi connectivity index (χ0n) is 20.5. The van der Waals surface area contributed by atoms with Crippen LogP contribution in [-0.2, 0) is 20.8 Å². The molecule has 2 aliphatic rings. The average molecular weight is 463 g/mol. The third-order valence-corrected chi connectivity index (χ3v) is 6.05. The van der Waals surface area contributed by atoms with Crippen LogP contribution in [0.25, 0.3) is 0 Å². The fourth-order valence-electron chi connectivity index (χ4n) is 4.46. The van der Waals surface area contributed by atoms with Gasteiger partial charge in [0, 0.05) is 6.42 Å². The highest BCUT2D eigenvalue weighted by Crippen LogP contribution is 2.18. The first kappa shape index (κ1) is 27.1. The Hall–Kier alpha value is -2.12. The van der Waals surface area contributed by atoms with Gasteiger partial charge in [-0.05, 0) is 77.7 Å². The van der Waals surface area contributed by atoms with Gasteiger partial charge in [0.2, 0.25) is 0 Å². The van der Waals surface area contributed by atoms with E-state index in [0.717, 1.165) is 17.6 Å². The molecule has 7 nitrogen and oxygen atoms in total. The maximum Gasteiger partial charge on any atom is 0.431 e. The summed E-state index contributed by atoms with van der Waals surface area (Å²) in [4.78, 5) is 27.2. The second-order valence-electron chi connectivity index (χ2n) is 10.2. The van der Waals surface area contributed by atoms with E-state index in [1.807, 2.05) is 11.5 Å². The maximum atomic E-state index is 11.4. The van der Waals surface area contributed by atoms with Gasteiger partial charge in [-0.2, -0.15) is 5.48 Å². The topological polar surface area (TPSA) is 104 Å². The number of nitrogens with one attached hydrogen (secondary N) is 1. The molecule has 0 saturated heterocycles. The van der Waals surface area contributed by atoms with Crippen molar-refractivity contribution in [1.82, 2.24) is 5.48 Å². The second kappa shape index (κ2) is 14.2. The van der Waals surface area contributed by atoms with E-state index < -0.39 is 23.8 Å². The lowest BCUT2D eigenvalue weighted by Gasteiger charge is -2.27. The Labute approximate surface area is 198 Å². The fraction of sp³-hybridized carbons (Fsp3) is 0.692. The van der Waals surface area contributed by atoms with E-state index >= 15 is 0 Å². The molecule has 3 N–H and O–H groups in total. The Morgan fingerprint density at radius 2 is 1.48 bits per heavy atom. The molecular formula is C26H42N2O5. The van der Waals surface area contributed by atoms with Gasteiger partial charge < -0.3 is 20.0 Å². The monoisotopic (exact) mass is 462 g/mol. The number of hydrogen-bond donors (Lipinski definition) is 2. The molecule has 1 aromatic carbocycles. The van der Waals surface area contributed by atoms with Crippen molar-refractivity contribution in [2.45, 2.75) is 115 Å². The number of carbonyl (C=O) groups is 2. The van der Waals surface area contributed by atoms with Crippen LogP contribution in [0.15, 0.2) is 30.3 Å². The van der Waals surface area contributed by atoms with E-state index in [9.17, 15) is 14.7 Å². The van der Waals surface area contributed by atoms with Crippen LogP contribution in [0.5, 0.6) is 0 Å². The molecule has 1 aromatic rings. The molecule has 0 aliphatic heterocycles. The van der Waals surface area contributed by atoms with Crippen LogP contribution in [-0.4, -0.2) is 35.9 Å². The molecule has 0 spiro atoms. The van der Waals surface area contributed by atoms with E-state index in [1.165, 1.54) is 64.2 Å². The number of benzene rings is 1. The molecule has 0 aromatic heterocycles. The predicted octanol–water partition coefficient (Wildman–Crippen LogP) is 3.02. The molecule has 0 radical (unpaired) electrons. The summed E-state index contributed by atoms with van der Waals surface area (Å²) in [6.45, 7) is 5.06. The number of ether oxygens (including phenoxy) is 1. The zero-order chi connectivity index (χ0) is 24.1. The van der Waals surface area contributed by atoms with Crippen LogP contribution in [0.4, 0.5) is 4.79 Å². The van der Waals surface area contributed by atoms with Gasteiger partial charge in [0.05, 0.1) is 18.1 Å². The first-order chi connectivity index (χ1) is 15.7. The Balaban J connectivity index is 0.000000254. The van der Waals surface area contributed by atoms with Crippen molar-refractivity contribution in [2.24, 2.45) is 0 Å². The van der Waals surface area contributed by atoms with E-state index in [0.29, 0.717) is 0 Å². The van der Waals surface area contributed by atoms with Gasteiger partial charge in [0.15, 0.2) is 0 Å². The summed E-state index contributed by atoms with van der Waals surface area (Å²) in [5.74, 6) is -1.41. The second-order valence-corrected chi connectivity index (χ2v) is 10.2. The minimum absolute atomic E-state index is 0.0823. The Morgan fingerprint density at radius 1 is 0.970 bits per heavy atom. The molecule has 2 aliphatic carbocycles. The number of carboxylic acid groups (broad SMARTS) is 1. The lowest BCUT2D eigenvalue weighted by atomic mass is 9.91. The third kappa shape index (κ3) is 12.1. The number of aliphatic carboxylic acids is 1. The molecule has 1 unspecified atom stereocenters. The van der Waals surface area contributed by atoms with Gasteiger partial charge in [-0.3, -0.25) is 4.84 Å². The Kier molecular flexibility index (Phi) is 11.7. The van der Waals surface area contributed by atoms with E-state index in [1.54, 1.807) is 45.0 Å². The first-order valence-electron chi connectivity index (χ1n) is 12.5. The number of amides is 1. The summed E-state index contributed by atoms with van der Waals surface area (Å²) in [6, 6.07) is 10.9. The van der Waals surface area contributed by atoms with Crippen LogP contribution >= 0.6 is 0 Å². The number of rotatable bonds is 7. The number of quaternary nitrogens is 1. The summed E-state index contributed by atoms with van der Waals surface area (Å²) in [5, 5.41) is 13.7. The summed E-state index contributed by atoms with van der Waals surface area (Å²) in [5.41, 5.74) is 2.03. The van der Waals surface area contributed by atoms with Crippen molar-refractivity contribution in [1.29, 1.82) is 0 Å². The maximum absolute atomic E-state index is 11.4. The van der Waals surface area contributed by atoms with E-state index in [4.69, 9.17) is 9.57 Å². The number of nitrogens with two attached hydrogens (primary N) is 1. The first-order valence-corrected chi connectivity index (χ1v) is 12.5. The average Bonchev–Trinajstić information content (AvgIpc) is 2.78. The molecule has 33 heavy (non-hydrogen) atoms. The van der Waals surface area contributed by atoms with Gasteiger partial charge in [-0.1, -0.05) is 43.2 Å². The Morgan fingerprint density at radius 3 is 1.94 bits per heavy atom. The number of hydrogen-bond acceptors (Lipinski definition) is 5. The van der Waals surface area contributed by atoms with Crippen LogP contribution in [0.2, 0.25) is 0 Å². The summed E-state index contributed by atoms with van der Waals surface area (Å²) < 4.78 is 4.93. The zero-order valence-corrected chi connectivity index (χ0v) is 20.5. The van der Waals surface area contributed by atoms with Gasteiger partial charge >= 0.3 is 6.09 Å². The largest absolute Gasteiger partial charge is 0.547 e. The smallest absolute Gasteiger partial charge is 0.431 e. The van der Waals surface area contributed by atoms with Gasteiger partial charge in [-0.15, -0.1) is 0 Å².